The maximum absolute atomic E-state index is 12.7. The summed E-state index contributed by atoms with van der Waals surface area (Å²) in [7, 11) is 0. The van der Waals surface area contributed by atoms with Crippen LogP contribution in [-0.2, 0) is 14.3 Å². The molecule has 0 spiro atoms. The molecule has 9 nitrogen and oxygen atoms in total. The Labute approximate surface area is 172 Å². The molecular weight excluding hydrogens is 388 g/mol. The molecule has 9 heteroatoms. The first kappa shape index (κ1) is 20.8. The molecule has 0 aliphatic rings. The zero-order chi connectivity index (χ0) is 21.7. The van der Waals surface area contributed by atoms with Crippen LogP contribution in [0.4, 0.5) is 5.82 Å². The molecule has 0 bridgehead atoms. The number of nitrogens with zero attached hydrogens (tertiary/aromatic N) is 2. The molecule has 1 unspecified atom stereocenters. The maximum atomic E-state index is 12.7. The summed E-state index contributed by atoms with van der Waals surface area (Å²) in [4.78, 5) is 40.2. The summed E-state index contributed by atoms with van der Waals surface area (Å²) >= 11 is 0. The zero-order valence-electron chi connectivity index (χ0n) is 16.6. The average Bonchev–Trinajstić information content (AvgIpc) is 3.11. The highest BCUT2D eigenvalue weighted by atomic mass is 16.5. The number of fused-ring (bicyclic) bond motifs is 1. The first-order chi connectivity index (χ1) is 14.4. The van der Waals surface area contributed by atoms with Gasteiger partial charge in [-0.15, -0.1) is 0 Å². The van der Waals surface area contributed by atoms with Gasteiger partial charge in [0.1, 0.15) is 24.1 Å². The number of amides is 1. The molecule has 0 aliphatic heterocycles. The number of aliphatic carboxylic acids is 1. The van der Waals surface area contributed by atoms with Crippen molar-refractivity contribution in [2.45, 2.75) is 19.9 Å². The van der Waals surface area contributed by atoms with Gasteiger partial charge in [-0.2, -0.15) is 0 Å². The highest BCUT2D eigenvalue weighted by Gasteiger charge is 2.22. The molecule has 2 heterocycles. The van der Waals surface area contributed by atoms with Gasteiger partial charge in [0.15, 0.2) is 5.65 Å². The summed E-state index contributed by atoms with van der Waals surface area (Å²) in [6.45, 7) is 3.30. The van der Waals surface area contributed by atoms with Crippen LogP contribution in [0, 0.1) is 0 Å². The molecule has 156 valence electrons. The van der Waals surface area contributed by atoms with Crippen molar-refractivity contribution in [1.82, 2.24) is 14.7 Å². The second kappa shape index (κ2) is 9.08. The van der Waals surface area contributed by atoms with Gasteiger partial charge in [0.05, 0.1) is 12.2 Å². The second-order valence-electron chi connectivity index (χ2n) is 6.48. The van der Waals surface area contributed by atoms with Crippen molar-refractivity contribution in [1.29, 1.82) is 0 Å². The van der Waals surface area contributed by atoms with E-state index in [-0.39, 0.29) is 18.7 Å². The molecule has 0 radical (unpaired) electrons. The quantitative estimate of drug-likeness (QED) is 0.487. The number of rotatable bonds is 8. The fourth-order valence-corrected chi connectivity index (χ4v) is 2.92. The molecule has 0 aliphatic carbocycles. The van der Waals surface area contributed by atoms with Crippen LogP contribution < -0.4 is 10.6 Å². The smallest absolute Gasteiger partial charge is 0.325 e. The van der Waals surface area contributed by atoms with Gasteiger partial charge in [-0.25, -0.2) is 4.98 Å². The Bertz CT molecular complexity index is 1080. The van der Waals surface area contributed by atoms with Gasteiger partial charge in [0, 0.05) is 11.8 Å². The minimum atomic E-state index is -1.14. The Kier molecular flexibility index (Phi) is 6.31. The largest absolute Gasteiger partial charge is 0.480 e. The van der Waals surface area contributed by atoms with E-state index < -0.39 is 23.9 Å². The number of anilines is 1. The molecule has 0 saturated carbocycles. The molecule has 1 amide bonds. The monoisotopic (exact) mass is 410 g/mol. The van der Waals surface area contributed by atoms with Crippen LogP contribution >= 0.6 is 0 Å². The van der Waals surface area contributed by atoms with Gasteiger partial charge in [-0.05, 0) is 26.0 Å². The minimum absolute atomic E-state index is 0.0755. The number of aromatic nitrogens is 2. The van der Waals surface area contributed by atoms with E-state index in [2.05, 4.69) is 15.6 Å². The fourth-order valence-electron chi connectivity index (χ4n) is 2.92. The summed E-state index contributed by atoms with van der Waals surface area (Å²) in [6, 6.07) is 11.5. The van der Waals surface area contributed by atoms with E-state index in [1.165, 1.54) is 6.92 Å². The molecule has 2 aromatic heterocycles. The SMILES string of the molecule is CCOC(=O)CNc1c(-c2ccccc2)nc2c(C(=O)NC(C)C(=O)O)cccn12. The minimum Gasteiger partial charge on any atom is -0.480 e. The Hall–Kier alpha value is -3.88. The van der Waals surface area contributed by atoms with Crippen molar-refractivity contribution in [3.63, 3.8) is 0 Å². The molecule has 0 saturated heterocycles. The lowest BCUT2D eigenvalue weighted by atomic mass is 10.1. The first-order valence-corrected chi connectivity index (χ1v) is 9.42. The number of carboxylic acid groups (broad SMARTS) is 1. The van der Waals surface area contributed by atoms with E-state index in [0.717, 1.165) is 5.56 Å². The summed E-state index contributed by atoms with van der Waals surface area (Å²) in [5, 5.41) is 14.5. The number of hydrogen-bond donors (Lipinski definition) is 3. The number of hydrogen-bond acceptors (Lipinski definition) is 6. The third-order valence-electron chi connectivity index (χ3n) is 4.37. The van der Waals surface area contributed by atoms with Crippen LogP contribution in [0.2, 0.25) is 0 Å². The predicted octanol–water partition coefficient (Wildman–Crippen LogP) is 2.18. The number of carbonyl (C=O) groups excluding carboxylic acids is 2. The van der Waals surface area contributed by atoms with Gasteiger partial charge in [0.25, 0.3) is 5.91 Å². The van der Waals surface area contributed by atoms with E-state index in [4.69, 9.17) is 9.84 Å². The van der Waals surface area contributed by atoms with Crippen LogP contribution in [-0.4, -0.2) is 51.5 Å². The number of carbonyl (C=O) groups is 3. The van der Waals surface area contributed by atoms with E-state index >= 15 is 0 Å². The molecule has 1 aromatic carbocycles. The Morgan fingerprint density at radius 1 is 1.17 bits per heavy atom. The number of esters is 1. The van der Waals surface area contributed by atoms with Crippen molar-refractivity contribution in [2.75, 3.05) is 18.5 Å². The first-order valence-electron chi connectivity index (χ1n) is 9.42. The fraction of sp³-hybridized carbons (Fsp3) is 0.238. The van der Waals surface area contributed by atoms with E-state index in [0.29, 0.717) is 17.2 Å². The number of imidazole rings is 1. The summed E-state index contributed by atoms with van der Waals surface area (Å²) in [5.74, 6) is -1.60. The van der Waals surface area contributed by atoms with Crippen molar-refractivity contribution in [2.24, 2.45) is 0 Å². The lowest BCUT2D eigenvalue weighted by Gasteiger charge is -2.11. The lowest BCUT2D eigenvalue weighted by Crippen LogP contribution is -2.38. The average molecular weight is 410 g/mol. The predicted molar refractivity (Wildman–Crippen MR) is 110 cm³/mol. The summed E-state index contributed by atoms with van der Waals surface area (Å²) in [5.41, 5.74) is 1.88. The van der Waals surface area contributed by atoms with Crippen LogP contribution in [0.25, 0.3) is 16.9 Å². The number of benzene rings is 1. The number of ether oxygens (including phenoxy) is 1. The van der Waals surface area contributed by atoms with Crippen molar-refractivity contribution in [3.05, 3.63) is 54.2 Å². The number of pyridine rings is 1. The molecule has 3 rings (SSSR count). The van der Waals surface area contributed by atoms with E-state index in [1.807, 2.05) is 30.3 Å². The Balaban J connectivity index is 2.07. The summed E-state index contributed by atoms with van der Waals surface area (Å²) < 4.78 is 6.63. The normalized spacial score (nSPS) is 11.7. The lowest BCUT2D eigenvalue weighted by molar-refractivity contribution is -0.141. The standard InChI is InChI=1S/C21H22N4O5/c1-3-30-16(26)12-22-19-17(14-8-5-4-6-9-14)24-18-15(10-7-11-25(18)19)20(27)23-13(2)21(28)29/h4-11,13,22H,3,12H2,1-2H3,(H,23,27)(H,28,29). The van der Waals surface area contributed by atoms with E-state index in [9.17, 15) is 14.4 Å². The number of carboxylic acids is 1. The topological polar surface area (TPSA) is 122 Å². The second-order valence-corrected chi connectivity index (χ2v) is 6.48. The molecule has 30 heavy (non-hydrogen) atoms. The van der Waals surface area contributed by atoms with Crippen LogP contribution in [0.15, 0.2) is 48.7 Å². The third-order valence-corrected chi connectivity index (χ3v) is 4.37. The zero-order valence-corrected chi connectivity index (χ0v) is 16.6. The number of nitrogens with one attached hydrogen (secondary N) is 2. The van der Waals surface area contributed by atoms with Crippen molar-refractivity contribution >= 4 is 29.3 Å². The highest BCUT2D eigenvalue weighted by Crippen LogP contribution is 2.29. The van der Waals surface area contributed by atoms with Gasteiger partial charge in [-0.3, -0.25) is 18.8 Å². The van der Waals surface area contributed by atoms with Crippen LogP contribution in [0.3, 0.4) is 0 Å². The molecule has 0 fully saturated rings. The molecule has 3 N–H and O–H groups in total. The molecule has 3 aromatic rings. The molecular formula is C21H22N4O5. The van der Waals surface area contributed by atoms with E-state index in [1.54, 1.807) is 29.7 Å². The Morgan fingerprint density at radius 2 is 1.90 bits per heavy atom. The highest BCUT2D eigenvalue weighted by molar-refractivity contribution is 6.02. The van der Waals surface area contributed by atoms with Gasteiger partial charge in [-0.1, -0.05) is 30.3 Å². The summed E-state index contributed by atoms with van der Waals surface area (Å²) in [6.07, 6.45) is 1.71. The maximum Gasteiger partial charge on any atom is 0.325 e. The third kappa shape index (κ3) is 4.40. The molecule has 1 atom stereocenters. The Morgan fingerprint density at radius 3 is 2.57 bits per heavy atom. The van der Waals surface area contributed by atoms with Crippen molar-refractivity contribution < 1.29 is 24.2 Å². The van der Waals surface area contributed by atoms with Gasteiger partial charge in [0.2, 0.25) is 0 Å². The van der Waals surface area contributed by atoms with Crippen LogP contribution in [0.5, 0.6) is 0 Å². The van der Waals surface area contributed by atoms with Crippen molar-refractivity contribution in [3.8, 4) is 11.3 Å². The van der Waals surface area contributed by atoms with Gasteiger partial charge < -0.3 is 20.5 Å². The van der Waals surface area contributed by atoms with Gasteiger partial charge >= 0.3 is 11.9 Å². The van der Waals surface area contributed by atoms with Crippen LogP contribution in [0.1, 0.15) is 24.2 Å².